The van der Waals surface area contributed by atoms with Gasteiger partial charge in [-0.25, -0.2) is 0 Å². The molecule has 0 atom stereocenters. The summed E-state index contributed by atoms with van der Waals surface area (Å²) in [5.74, 6) is 0. The highest BCUT2D eigenvalue weighted by Crippen LogP contribution is 2.16. The standard InChI is InChI=1S/C15H16NS/c1-16(14-11-7-4-8-12-14)15(17-2)13-9-5-3-6-10-13/h3-12H,1-2H3/q+1. The zero-order valence-electron chi connectivity index (χ0n) is 10.1. The minimum absolute atomic E-state index is 1.21. The van der Waals surface area contributed by atoms with Crippen molar-refractivity contribution in [1.82, 2.24) is 0 Å². The first-order valence-corrected chi connectivity index (χ1v) is 6.80. The van der Waals surface area contributed by atoms with Crippen LogP contribution in [0.1, 0.15) is 5.56 Å². The molecule has 0 heterocycles. The molecule has 0 amide bonds. The minimum Gasteiger partial charge on any atom is -0.189 e. The van der Waals surface area contributed by atoms with Gasteiger partial charge >= 0.3 is 0 Å². The summed E-state index contributed by atoms with van der Waals surface area (Å²) >= 11 is 1.77. The van der Waals surface area contributed by atoms with Gasteiger partial charge in [0.05, 0.1) is 5.56 Å². The van der Waals surface area contributed by atoms with Gasteiger partial charge in [0, 0.05) is 12.1 Å². The normalized spacial score (nSPS) is 12.1. The van der Waals surface area contributed by atoms with Crippen molar-refractivity contribution >= 4 is 22.5 Å². The smallest absolute Gasteiger partial charge is 0.189 e. The lowest BCUT2D eigenvalue weighted by Crippen LogP contribution is -2.10. The molecule has 0 N–H and O–H groups in total. The van der Waals surface area contributed by atoms with Gasteiger partial charge in [0.25, 0.3) is 0 Å². The van der Waals surface area contributed by atoms with E-state index in [1.807, 2.05) is 12.1 Å². The number of hydrogen-bond donors (Lipinski definition) is 0. The maximum Gasteiger partial charge on any atom is 0.247 e. The van der Waals surface area contributed by atoms with Gasteiger partial charge in [-0.1, -0.05) is 48.2 Å². The summed E-state index contributed by atoms with van der Waals surface area (Å²) in [6.07, 6.45) is 2.11. The van der Waals surface area contributed by atoms with Gasteiger partial charge in [-0.15, -0.1) is 0 Å². The fourth-order valence-electron chi connectivity index (χ4n) is 1.80. The Kier molecular flexibility index (Phi) is 3.99. The van der Waals surface area contributed by atoms with Crippen molar-refractivity contribution in [3.8, 4) is 0 Å². The summed E-state index contributed by atoms with van der Waals surface area (Å²) in [5, 5.41) is 1.26. The fourth-order valence-corrected chi connectivity index (χ4v) is 2.55. The first-order chi connectivity index (χ1) is 8.33. The first-order valence-electron chi connectivity index (χ1n) is 5.58. The van der Waals surface area contributed by atoms with E-state index in [-0.39, 0.29) is 0 Å². The molecule has 17 heavy (non-hydrogen) atoms. The van der Waals surface area contributed by atoms with E-state index < -0.39 is 0 Å². The number of hydrogen-bond acceptors (Lipinski definition) is 1. The zero-order valence-corrected chi connectivity index (χ0v) is 10.9. The van der Waals surface area contributed by atoms with Crippen LogP contribution in [0.4, 0.5) is 5.69 Å². The molecule has 0 unspecified atom stereocenters. The summed E-state index contributed by atoms with van der Waals surface area (Å²) in [7, 11) is 2.11. The second kappa shape index (κ2) is 5.69. The van der Waals surface area contributed by atoms with Crippen LogP contribution in [-0.2, 0) is 0 Å². The van der Waals surface area contributed by atoms with Crippen LogP contribution in [0.15, 0.2) is 60.7 Å². The molecule has 2 rings (SSSR count). The number of rotatable bonds is 2. The summed E-state index contributed by atoms with van der Waals surface area (Å²) in [4.78, 5) is 0. The van der Waals surface area contributed by atoms with E-state index in [9.17, 15) is 0 Å². The van der Waals surface area contributed by atoms with E-state index in [1.165, 1.54) is 16.3 Å². The monoisotopic (exact) mass is 242 g/mol. The fraction of sp³-hybridized carbons (Fsp3) is 0.133. The molecule has 2 aromatic rings. The molecule has 0 radical (unpaired) electrons. The first kappa shape index (κ1) is 11.9. The lowest BCUT2D eigenvalue weighted by atomic mass is 10.2. The van der Waals surface area contributed by atoms with Crippen LogP contribution in [0.25, 0.3) is 0 Å². The Hall–Kier alpha value is -1.54. The van der Waals surface area contributed by atoms with E-state index in [2.05, 4.69) is 66.4 Å². The predicted octanol–water partition coefficient (Wildman–Crippen LogP) is 3.77. The third-order valence-electron chi connectivity index (χ3n) is 2.66. The summed E-state index contributed by atoms with van der Waals surface area (Å²) < 4.78 is 2.22. The average Bonchev–Trinajstić information content (AvgIpc) is 2.42. The van der Waals surface area contributed by atoms with E-state index in [4.69, 9.17) is 0 Å². The number of para-hydroxylation sites is 1. The highest BCUT2D eigenvalue weighted by atomic mass is 32.2. The van der Waals surface area contributed by atoms with Gasteiger partial charge < -0.3 is 0 Å². The van der Waals surface area contributed by atoms with Crippen LogP contribution >= 0.6 is 11.8 Å². The van der Waals surface area contributed by atoms with Gasteiger partial charge in [0.15, 0.2) is 0 Å². The predicted molar refractivity (Wildman–Crippen MR) is 76.4 cm³/mol. The Labute approximate surface area is 107 Å². The molecule has 0 saturated carbocycles. The molecular weight excluding hydrogens is 226 g/mol. The van der Waals surface area contributed by atoms with Crippen LogP contribution in [0, 0.1) is 0 Å². The molecule has 0 aliphatic carbocycles. The molecule has 1 nitrogen and oxygen atoms in total. The topological polar surface area (TPSA) is 3.01 Å². The van der Waals surface area contributed by atoms with Crippen LogP contribution in [-0.4, -0.2) is 22.9 Å². The van der Waals surface area contributed by atoms with Gasteiger partial charge in [-0.05, 0) is 18.4 Å². The van der Waals surface area contributed by atoms with Crippen molar-refractivity contribution < 1.29 is 4.58 Å². The summed E-state index contributed by atoms with van der Waals surface area (Å²) in [5.41, 5.74) is 2.46. The lowest BCUT2D eigenvalue weighted by Gasteiger charge is -2.03. The quantitative estimate of drug-likeness (QED) is 0.440. The zero-order chi connectivity index (χ0) is 12.1. The molecule has 0 bridgehead atoms. The van der Waals surface area contributed by atoms with Gasteiger partial charge in [0.2, 0.25) is 10.7 Å². The molecule has 0 saturated heterocycles. The molecule has 2 aromatic carbocycles. The van der Waals surface area contributed by atoms with Crippen molar-refractivity contribution in [2.24, 2.45) is 0 Å². The Bertz CT molecular complexity index is 503. The number of benzene rings is 2. The highest BCUT2D eigenvalue weighted by molar-refractivity contribution is 8.13. The summed E-state index contributed by atoms with van der Waals surface area (Å²) in [6.45, 7) is 0. The van der Waals surface area contributed by atoms with Crippen molar-refractivity contribution in [3.63, 3.8) is 0 Å². The molecule has 0 spiro atoms. The molecule has 2 heteroatoms. The second-order valence-corrected chi connectivity index (χ2v) is 4.56. The largest absolute Gasteiger partial charge is 0.247 e. The Morgan fingerprint density at radius 2 is 1.41 bits per heavy atom. The third-order valence-corrected chi connectivity index (χ3v) is 3.56. The second-order valence-electron chi connectivity index (χ2n) is 3.77. The Balaban J connectivity index is 2.48. The molecule has 0 fully saturated rings. The Morgan fingerprint density at radius 1 is 0.882 bits per heavy atom. The molecule has 0 aliphatic heterocycles. The third kappa shape index (κ3) is 2.77. The van der Waals surface area contributed by atoms with E-state index in [0.29, 0.717) is 0 Å². The van der Waals surface area contributed by atoms with Gasteiger partial charge in [-0.3, -0.25) is 0 Å². The van der Waals surface area contributed by atoms with Crippen molar-refractivity contribution in [2.75, 3.05) is 13.3 Å². The van der Waals surface area contributed by atoms with Crippen LogP contribution < -0.4 is 0 Å². The lowest BCUT2D eigenvalue weighted by molar-refractivity contribution is -0.401. The molecule has 0 aromatic heterocycles. The van der Waals surface area contributed by atoms with Gasteiger partial charge in [0.1, 0.15) is 7.05 Å². The average molecular weight is 242 g/mol. The maximum absolute atomic E-state index is 2.22. The van der Waals surface area contributed by atoms with Crippen LogP contribution in [0.5, 0.6) is 0 Å². The van der Waals surface area contributed by atoms with Crippen molar-refractivity contribution in [2.45, 2.75) is 0 Å². The molecular formula is C15H16NS+. The van der Waals surface area contributed by atoms with Crippen LogP contribution in [0.3, 0.4) is 0 Å². The summed E-state index contributed by atoms with van der Waals surface area (Å²) in [6, 6.07) is 20.9. The Morgan fingerprint density at radius 3 is 1.94 bits per heavy atom. The number of nitrogens with zero attached hydrogens (tertiary/aromatic N) is 1. The highest BCUT2D eigenvalue weighted by Gasteiger charge is 2.14. The van der Waals surface area contributed by atoms with E-state index >= 15 is 0 Å². The van der Waals surface area contributed by atoms with E-state index in [1.54, 1.807) is 11.8 Å². The minimum atomic E-state index is 1.21. The SMILES string of the molecule is CSC(c1ccccc1)=[N+](C)c1ccccc1. The van der Waals surface area contributed by atoms with Gasteiger partial charge in [-0.2, -0.15) is 4.58 Å². The molecule has 0 aliphatic rings. The van der Waals surface area contributed by atoms with Crippen molar-refractivity contribution in [3.05, 3.63) is 66.2 Å². The number of thioether (sulfide) groups is 1. The molecule has 86 valence electrons. The van der Waals surface area contributed by atoms with Crippen molar-refractivity contribution in [1.29, 1.82) is 0 Å². The maximum atomic E-state index is 2.22. The van der Waals surface area contributed by atoms with Crippen LogP contribution in [0.2, 0.25) is 0 Å². The van der Waals surface area contributed by atoms with E-state index in [0.717, 1.165) is 0 Å².